The van der Waals surface area contributed by atoms with E-state index in [-0.39, 0.29) is 11.9 Å². The van der Waals surface area contributed by atoms with E-state index in [2.05, 4.69) is 12.2 Å². The molecule has 0 saturated carbocycles. The third kappa shape index (κ3) is 4.02. The van der Waals surface area contributed by atoms with Gasteiger partial charge in [0.2, 0.25) is 0 Å². The summed E-state index contributed by atoms with van der Waals surface area (Å²) in [5, 5.41) is 4.11. The highest BCUT2D eigenvalue weighted by molar-refractivity contribution is 6.30. The molecule has 2 atom stereocenters. The number of nitrogens with one attached hydrogen (secondary N) is 1. The fourth-order valence-corrected chi connectivity index (χ4v) is 3.31. The monoisotopic (exact) mass is 372 g/mol. The molecular formula is C21H25ClN2O2. The molecule has 1 heterocycles. The third-order valence-corrected chi connectivity index (χ3v) is 4.93. The summed E-state index contributed by atoms with van der Waals surface area (Å²) in [5.41, 5.74) is 2.04. The predicted octanol–water partition coefficient (Wildman–Crippen LogP) is 4.20. The normalized spacial score (nSPS) is 19.3. The molecule has 2 aromatic rings. The predicted molar refractivity (Wildman–Crippen MR) is 106 cm³/mol. The van der Waals surface area contributed by atoms with Crippen molar-refractivity contribution in [3.8, 4) is 5.75 Å². The Morgan fingerprint density at radius 1 is 1.15 bits per heavy atom. The maximum Gasteiger partial charge on any atom is 0.270 e. The van der Waals surface area contributed by atoms with Crippen LogP contribution in [0.1, 0.15) is 25.3 Å². The van der Waals surface area contributed by atoms with E-state index in [0.717, 1.165) is 30.6 Å². The largest absolute Gasteiger partial charge is 0.478 e. The van der Waals surface area contributed by atoms with Gasteiger partial charge in [0.1, 0.15) is 5.75 Å². The van der Waals surface area contributed by atoms with Gasteiger partial charge in [-0.3, -0.25) is 4.79 Å². The lowest BCUT2D eigenvalue weighted by Gasteiger charge is -2.47. The lowest BCUT2D eigenvalue weighted by molar-refractivity contribution is -0.134. The number of aryl methyl sites for hydroxylation is 1. The minimum absolute atomic E-state index is 0.00320. The number of anilines is 1. The molecule has 0 aromatic heterocycles. The highest BCUT2D eigenvalue weighted by Crippen LogP contribution is 2.33. The summed E-state index contributed by atoms with van der Waals surface area (Å²) in [5.74, 6) is 0.660. The highest BCUT2D eigenvalue weighted by atomic mass is 35.5. The van der Waals surface area contributed by atoms with E-state index in [0.29, 0.717) is 17.3 Å². The molecular weight excluding hydrogens is 348 g/mol. The number of amides is 1. The molecule has 3 rings (SSSR count). The van der Waals surface area contributed by atoms with E-state index < -0.39 is 6.10 Å². The molecule has 0 unspecified atom stereocenters. The van der Waals surface area contributed by atoms with E-state index in [4.69, 9.17) is 16.3 Å². The summed E-state index contributed by atoms with van der Waals surface area (Å²) in [4.78, 5) is 14.7. The van der Waals surface area contributed by atoms with E-state index in [9.17, 15) is 4.79 Å². The Balaban J connectivity index is 1.76. The first kappa shape index (κ1) is 18.7. The maximum atomic E-state index is 12.8. The first-order valence-corrected chi connectivity index (χ1v) is 9.51. The Labute approximate surface area is 160 Å². The van der Waals surface area contributed by atoms with Crippen molar-refractivity contribution < 1.29 is 9.53 Å². The second kappa shape index (κ2) is 8.56. The molecule has 1 aliphatic heterocycles. The molecule has 1 fully saturated rings. The SMILES string of the molecule is CCCCNC[C@H]1[C@H](Oc2ccc(Cl)cc2)C(=O)N1c1ccccc1C. The number of carbonyl (C=O) groups is 1. The molecule has 0 aliphatic carbocycles. The van der Waals surface area contributed by atoms with Gasteiger partial charge < -0.3 is 15.0 Å². The highest BCUT2D eigenvalue weighted by Gasteiger charge is 2.50. The number of rotatable bonds is 8. The zero-order valence-electron chi connectivity index (χ0n) is 15.2. The Kier molecular flexibility index (Phi) is 6.17. The summed E-state index contributed by atoms with van der Waals surface area (Å²) in [6.07, 6.45) is 1.78. The number of hydrogen-bond acceptors (Lipinski definition) is 3. The van der Waals surface area contributed by atoms with Crippen LogP contribution >= 0.6 is 11.6 Å². The molecule has 4 nitrogen and oxygen atoms in total. The second-order valence-electron chi connectivity index (χ2n) is 6.61. The van der Waals surface area contributed by atoms with Gasteiger partial charge in [-0.2, -0.15) is 0 Å². The quantitative estimate of drug-likeness (QED) is 0.557. The number of β-lactam (4-membered cyclic amide) rings is 1. The van der Waals surface area contributed by atoms with Crippen molar-refractivity contribution in [3.63, 3.8) is 0 Å². The van der Waals surface area contributed by atoms with Gasteiger partial charge in [-0.25, -0.2) is 0 Å². The van der Waals surface area contributed by atoms with Gasteiger partial charge in [0.15, 0.2) is 6.10 Å². The van der Waals surface area contributed by atoms with Crippen molar-refractivity contribution in [1.29, 1.82) is 0 Å². The smallest absolute Gasteiger partial charge is 0.270 e. The summed E-state index contributed by atoms with van der Waals surface area (Å²) in [6.45, 7) is 5.84. The van der Waals surface area contributed by atoms with Gasteiger partial charge in [0, 0.05) is 17.3 Å². The van der Waals surface area contributed by atoms with Crippen molar-refractivity contribution in [2.24, 2.45) is 0 Å². The number of nitrogens with zero attached hydrogens (tertiary/aromatic N) is 1. The van der Waals surface area contributed by atoms with E-state index in [1.807, 2.05) is 36.1 Å². The van der Waals surface area contributed by atoms with E-state index in [1.165, 1.54) is 0 Å². The molecule has 5 heteroatoms. The fraction of sp³-hybridized carbons (Fsp3) is 0.381. The van der Waals surface area contributed by atoms with Crippen LogP contribution in [0.25, 0.3) is 0 Å². The van der Waals surface area contributed by atoms with Gasteiger partial charge in [-0.05, 0) is 55.8 Å². The molecule has 0 radical (unpaired) electrons. The maximum absolute atomic E-state index is 12.8. The molecule has 1 aliphatic rings. The number of carbonyl (C=O) groups excluding carboxylic acids is 1. The number of ether oxygens (including phenoxy) is 1. The first-order chi connectivity index (χ1) is 12.6. The lowest BCUT2D eigenvalue weighted by Crippen LogP contribution is -2.70. The van der Waals surface area contributed by atoms with Gasteiger partial charge >= 0.3 is 0 Å². The molecule has 0 bridgehead atoms. The van der Waals surface area contributed by atoms with Crippen LogP contribution in [0.3, 0.4) is 0 Å². The second-order valence-corrected chi connectivity index (χ2v) is 7.05. The van der Waals surface area contributed by atoms with Gasteiger partial charge in [0.25, 0.3) is 5.91 Å². The van der Waals surface area contributed by atoms with Gasteiger partial charge in [-0.1, -0.05) is 43.1 Å². The molecule has 1 saturated heterocycles. The van der Waals surface area contributed by atoms with Crippen LogP contribution in [0.4, 0.5) is 5.69 Å². The number of para-hydroxylation sites is 1. The average Bonchev–Trinajstić information content (AvgIpc) is 2.65. The van der Waals surface area contributed by atoms with Crippen LogP contribution in [0.15, 0.2) is 48.5 Å². The third-order valence-electron chi connectivity index (χ3n) is 4.67. The molecule has 1 amide bonds. The molecule has 26 heavy (non-hydrogen) atoms. The Bertz CT molecular complexity index is 748. The zero-order chi connectivity index (χ0) is 18.5. The number of benzene rings is 2. The number of unbranched alkanes of at least 4 members (excludes halogenated alkanes) is 1. The van der Waals surface area contributed by atoms with Crippen LogP contribution in [0.5, 0.6) is 5.75 Å². The van der Waals surface area contributed by atoms with Crippen LogP contribution in [0, 0.1) is 6.92 Å². The van der Waals surface area contributed by atoms with E-state index in [1.54, 1.807) is 24.3 Å². The Morgan fingerprint density at radius 2 is 1.88 bits per heavy atom. The molecule has 0 spiro atoms. The topological polar surface area (TPSA) is 41.6 Å². The number of halogens is 1. The standard InChI is InChI=1S/C21H25ClN2O2/c1-3-4-13-23-14-19-20(26-17-11-9-16(22)10-12-17)21(25)24(19)18-8-6-5-7-15(18)2/h5-12,19-20,23H,3-4,13-14H2,1-2H3/t19-,20-/m0/s1. The molecule has 2 aromatic carbocycles. The lowest BCUT2D eigenvalue weighted by atomic mass is 9.95. The summed E-state index contributed by atoms with van der Waals surface area (Å²) in [7, 11) is 0. The Hall–Kier alpha value is -2.04. The Morgan fingerprint density at radius 3 is 2.58 bits per heavy atom. The van der Waals surface area contributed by atoms with Crippen molar-refractivity contribution >= 4 is 23.2 Å². The fourth-order valence-electron chi connectivity index (χ4n) is 3.19. The van der Waals surface area contributed by atoms with Crippen LogP contribution in [0.2, 0.25) is 5.02 Å². The van der Waals surface area contributed by atoms with Crippen molar-refractivity contribution in [3.05, 3.63) is 59.1 Å². The zero-order valence-corrected chi connectivity index (χ0v) is 16.0. The van der Waals surface area contributed by atoms with Crippen LogP contribution < -0.4 is 15.0 Å². The van der Waals surface area contributed by atoms with Crippen molar-refractivity contribution in [1.82, 2.24) is 5.32 Å². The average molecular weight is 373 g/mol. The summed E-state index contributed by atoms with van der Waals surface area (Å²) >= 11 is 5.93. The van der Waals surface area contributed by atoms with Crippen LogP contribution in [-0.2, 0) is 4.79 Å². The molecule has 1 N–H and O–H groups in total. The van der Waals surface area contributed by atoms with Gasteiger partial charge in [-0.15, -0.1) is 0 Å². The van der Waals surface area contributed by atoms with Crippen molar-refractivity contribution in [2.75, 3.05) is 18.0 Å². The minimum atomic E-state index is -0.482. The van der Waals surface area contributed by atoms with Gasteiger partial charge in [0.05, 0.1) is 6.04 Å². The summed E-state index contributed by atoms with van der Waals surface area (Å²) in [6, 6.07) is 15.1. The van der Waals surface area contributed by atoms with Crippen molar-refractivity contribution in [2.45, 2.75) is 38.8 Å². The summed E-state index contributed by atoms with van der Waals surface area (Å²) < 4.78 is 5.99. The van der Waals surface area contributed by atoms with E-state index >= 15 is 0 Å². The number of hydrogen-bond donors (Lipinski definition) is 1. The molecule has 138 valence electrons. The minimum Gasteiger partial charge on any atom is -0.478 e. The van der Waals surface area contributed by atoms with Crippen LogP contribution in [-0.4, -0.2) is 31.1 Å². The first-order valence-electron chi connectivity index (χ1n) is 9.13.